The zero-order chi connectivity index (χ0) is 9.68. The summed E-state index contributed by atoms with van der Waals surface area (Å²) in [5.74, 6) is -0.258. The molecule has 3 nitrogen and oxygen atoms in total. The first-order valence-electron chi connectivity index (χ1n) is 4.54. The largest absolute Gasteiger partial charge is 0.481 e. The van der Waals surface area contributed by atoms with Crippen molar-refractivity contribution in [3.8, 4) is 0 Å². The van der Waals surface area contributed by atoms with Crippen LogP contribution < -0.4 is 0 Å². The number of hydrogen-bond acceptors (Lipinski definition) is 1. The summed E-state index contributed by atoms with van der Waals surface area (Å²) in [7, 11) is 0. The summed E-state index contributed by atoms with van der Waals surface area (Å²) in [4.78, 5) is 13.3. The van der Waals surface area contributed by atoms with Gasteiger partial charge >= 0.3 is 5.97 Å². The Morgan fingerprint density at radius 2 is 2.46 bits per heavy atom. The predicted molar refractivity (Wildman–Crippen MR) is 50.7 cm³/mol. The molecule has 0 fully saturated rings. The van der Waals surface area contributed by atoms with E-state index in [0.717, 1.165) is 12.8 Å². The van der Waals surface area contributed by atoms with Gasteiger partial charge in [-0.15, -0.1) is 0 Å². The Morgan fingerprint density at radius 1 is 1.69 bits per heavy atom. The van der Waals surface area contributed by atoms with E-state index in [2.05, 4.69) is 11.9 Å². The molecule has 0 aliphatic rings. The van der Waals surface area contributed by atoms with E-state index in [4.69, 9.17) is 5.11 Å². The lowest BCUT2D eigenvalue weighted by molar-refractivity contribution is -0.137. The zero-order valence-electron chi connectivity index (χ0n) is 7.79. The first kappa shape index (κ1) is 9.84. The van der Waals surface area contributed by atoms with E-state index in [1.165, 1.54) is 5.56 Å². The van der Waals surface area contributed by atoms with Crippen molar-refractivity contribution in [1.29, 1.82) is 0 Å². The van der Waals surface area contributed by atoms with E-state index >= 15 is 0 Å². The molecule has 0 aliphatic carbocycles. The Bertz CT molecular complexity index is 254. The fourth-order valence-corrected chi connectivity index (χ4v) is 1.37. The first-order valence-corrected chi connectivity index (χ1v) is 4.54. The van der Waals surface area contributed by atoms with Gasteiger partial charge in [0.05, 0.1) is 0 Å². The Morgan fingerprint density at radius 3 is 3.00 bits per heavy atom. The minimum absolute atomic E-state index is 0.273. The van der Waals surface area contributed by atoms with Gasteiger partial charge in [-0.3, -0.25) is 4.79 Å². The second-order valence-corrected chi connectivity index (χ2v) is 3.33. The SMILES string of the molecule is CC(CCCC(=O)O)c1cc[nH]c1. The summed E-state index contributed by atoms with van der Waals surface area (Å²) in [5.41, 5.74) is 1.25. The fraction of sp³-hybridized carbons (Fsp3) is 0.500. The lowest BCUT2D eigenvalue weighted by Gasteiger charge is -2.07. The van der Waals surface area contributed by atoms with Gasteiger partial charge in [0, 0.05) is 18.8 Å². The van der Waals surface area contributed by atoms with Gasteiger partial charge in [-0.1, -0.05) is 6.92 Å². The highest BCUT2D eigenvalue weighted by molar-refractivity contribution is 5.66. The Balaban J connectivity index is 2.26. The highest BCUT2D eigenvalue weighted by atomic mass is 16.4. The monoisotopic (exact) mass is 181 g/mol. The molecule has 1 aromatic heterocycles. The highest BCUT2D eigenvalue weighted by Gasteiger charge is 2.06. The van der Waals surface area contributed by atoms with Crippen LogP contribution in [0.15, 0.2) is 18.5 Å². The molecule has 3 heteroatoms. The number of nitrogens with one attached hydrogen (secondary N) is 1. The van der Waals surface area contributed by atoms with Gasteiger partial charge in [0.1, 0.15) is 0 Å². The van der Waals surface area contributed by atoms with Crippen molar-refractivity contribution in [3.05, 3.63) is 24.0 Å². The maximum absolute atomic E-state index is 10.3. The lowest BCUT2D eigenvalue weighted by atomic mass is 9.98. The van der Waals surface area contributed by atoms with Crippen molar-refractivity contribution < 1.29 is 9.90 Å². The molecule has 2 N–H and O–H groups in total. The van der Waals surface area contributed by atoms with Crippen molar-refractivity contribution in [1.82, 2.24) is 4.98 Å². The number of aliphatic carboxylic acids is 1. The number of aromatic nitrogens is 1. The Kier molecular flexibility index (Phi) is 3.55. The summed E-state index contributed by atoms with van der Waals surface area (Å²) >= 11 is 0. The van der Waals surface area contributed by atoms with E-state index < -0.39 is 5.97 Å². The van der Waals surface area contributed by atoms with Gasteiger partial charge in [-0.25, -0.2) is 0 Å². The smallest absolute Gasteiger partial charge is 0.303 e. The normalized spacial score (nSPS) is 12.7. The maximum Gasteiger partial charge on any atom is 0.303 e. The van der Waals surface area contributed by atoms with E-state index in [1.54, 1.807) is 0 Å². The molecule has 1 heterocycles. The summed E-state index contributed by atoms with van der Waals surface area (Å²) in [6.07, 6.45) is 5.81. The number of carbonyl (C=O) groups is 1. The molecule has 1 unspecified atom stereocenters. The quantitative estimate of drug-likeness (QED) is 0.732. The maximum atomic E-state index is 10.3. The summed E-state index contributed by atoms with van der Waals surface area (Å²) in [6.45, 7) is 2.12. The molecule has 1 atom stereocenters. The average Bonchev–Trinajstić information content (AvgIpc) is 2.55. The van der Waals surface area contributed by atoms with Gasteiger partial charge in [0.15, 0.2) is 0 Å². The predicted octanol–water partition coefficient (Wildman–Crippen LogP) is 2.37. The topological polar surface area (TPSA) is 53.1 Å². The lowest BCUT2D eigenvalue weighted by Crippen LogP contribution is -1.97. The third-order valence-electron chi connectivity index (χ3n) is 2.22. The number of carboxylic acid groups (broad SMARTS) is 1. The number of H-pyrrole nitrogens is 1. The van der Waals surface area contributed by atoms with Crippen LogP contribution in [0.25, 0.3) is 0 Å². The molecule has 0 aliphatic heterocycles. The van der Waals surface area contributed by atoms with Crippen LogP contribution in [0.4, 0.5) is 0 Å². The van der Waals surface area contributed by atoms with Gasteiger partial charge in [0.2, 0.25) is 0 Å². The van der Waals surface area contributed by atoms with Crippen LogP contribution >= 0.6 is 0 Å². The minimum atomic E-state index is -0.707. The third kappa shape index (κ3) is 3.32. The molecular weight excluding hydrogens is 166 g/mol. The van der Waals surface area contributed by atoms with Crippen molar-refractivity contribution in [2.45, 2.75) is 32.1 Å². The first-order chi connectivity index (χ1) is 6.20. The van der Waals surface area contributed by atoms with Crippen molar-refractivity contribution in [2.24, 2.45) is 0 Å². The van der Waals surface area contributed by atoms with Crippen LogP contribution in [0.2, 0.25) is 0 Å². The second kappa shape index (κ2) is 4.70. The minimum Gasteiger partial charge on any atom is -0.481 e. The number of carboxylic acids is 1. The van der Waals surface area contributed by atoms with Crippen molar-refractivity contribution in [2.75, 3.05) is 0 Å². The molecular formula is C10H15NO2. The van der Waals surface area contributed by atoms with Crippen LogP contribution in [0.3, 0.4) is 0 Å². The standard InChI is InChI=1S/C10H15NO2/c1-8(3-2-4-10(12)13)9-5-6-11-7-9/h5-8,11H,2-4H2,1H3,(H,12,13). The molecule has 0 aromatic carbocycles. The highest BCUT2D eigenvalue weighted by Crippen LogP contribution is 2.20. The average molecular weight is 181 g/mol. The van der Waals surface area contributed by atoms with Gasteiger partial charge in [-0.2, -0.15) is 0 Å². The van der Waals surface area contributed by atoms with Crippen molar-refractivity contribution >= 4 is 5.97 Å². The molecule has 1 aromatic rings. The van der Waals surface area contributed by atoms with E-state index in [1.807, 2.05) is 18.5 Å². The zero-order valence-corrected chi connectivity index (χ0v) is 7.79. The van der Waals surface area contributed by atoms with Crippen molar-refractivity contribution in [3.63, 3.8) is 0 Å². The van der Waals surface area contributed by atoms with E-state index in [9.17, 15) is 4.79 Å². The molecule has 13 heavy (non-hydrogen) atoms. The number of aromatic amines is 1. The second-order valence-electron chi connectivity index (χ2n) is 3.33. The Hall–Kier alpha value is -1.25. The molecule has 0 radical (unpaired) electrons. The van der Waals surface area contributed by atoms with Crippen LogP contribution in [-0.4, -0.2) is 16.1 Å². The molecule has 0 bridgehead atoms. The van der Waals surface area contributed by atoms with E-state index in [-0.39, 0.29) is 6.42 Å². The van der Waals surface area contributed by atoms with Crippen LogP contribution in [0, 0.1) is 0 Å². The molecule has 0 saturated heterocycles. The Labute approximate surface area is 77.8 Å². The molecule has 72 valence electrons. The third-order valence-corrected chi connectivity index (χ3v) is 2.22. The number of hydrogen-bond donors (Lipinski definition) is 2. The number of rotatable bonds is 5. The van der Waals surface area contributed by atoms with Gasteiger partial charge < -0.3 is 10.1 Å². The summed E-state index contributed by atoms with van der Waals surface area (Å²) < 4.78 is 0. The summed E-state index contributed by atoms with van der Waals surface area (Å²) in [6, 6.07) is 2.03. The van der Waals surface area contributed by atoms with Crippen LogP contribution in [-0.2, 0) is 4.79 Å². The van der Waals surface area contributed by atoms with E-state index in [0.29, 0.717) is 5.92 Å². The van der Waals surface area contributed by atoms with Crippen LogP contribution in [0.1, 0.15) is 37.7 Å². The van der Waals surface area contributed by atoms with Gasteiger partial charge in [0.25, 0.3) is 0 Å². The molecule has 1 rings (SSSR count). The molecule has 0 amide bonds. The van der Waals surface area contributed by atoms with Crippen LogP contribution in [0.5, 0.6) is 0 Å². The van der Waals surface area contributed by atoms with Gasteiger partial charge in [-0.05, 0) is 30.4 Å². The fourth-order valence-electron chi connectivity index (χ4n) is 1.37. The molecule has 0 saturated carbocycles. The molecule has 0 spiro atoms. The summed E-state index contributed by atoms with van der Waals surface area (Å²) in [5, 5.41) is 8.45.